The number of benzene rings is 1. The lowest BCUT2D eigenvalue weighted by Crippen LogP contribution is -2.40. The second-order valence-electron chi connectivity index (χ2n) is 7.20. The molecule has 0 bridgehead atoms. The largest absolute Gasteiger partial charge is 0.318 e. The second-order valence-corrected chi connectivity index (χ2v) is 7.20. The van der Waals surface area contributed by atoms with Gasteiger partial charge in [0, 0.05) is 6.20 Å². The Bertz CT molecular complexity index is 846. The monoisotopic (exact) mass is 360 g/mol. The first-order valence-electron chi connectivity index (χ1n) is 10.4. The first-order valence-corrected chi connectivity index (χ1v) is 10.4. The molecule has 1 unspecified atom stereocenters. The van der Waals surface area contributed by atoms with Crippen molar-refractivity contribution in [2.75, 3.05) is 4.90 Å². The molecule has 0 saturated heterocycles. The van der Waals surface area contributed by atoms with E-state index in [1.807, 2.05) is 12.3 Å². The fourth-order valence-corrected chi connectivity index (χ4v) is 4.59. The van der Waals surface area contributed by atoms with E-state index in [9.17, 15) is 0 Å². The molecule has 0 saturated carbocycles. The summed E-state index contributed by atoms with van der Waals surface area (Å²) >= 11 is 0. The van der Waals surface area contributed by atoms with Crippen molar-refractivity contribution in [3.05, 3.63) is 76.5 Å². The predicted octanol–water partition coefficient (Wildman–Crippen LogP) is 6.93. The molecule has 1 aromatic carbocycles. The molecule has 27 heavy (non-hydrogen) atoms. The van der Waals surface area contributed by atoms with Crippen LogP contribution in [-0.4, -0.2) is 11.0 Å². The molecule has 142 valence electrons. The number of aryl methyl sites for hydroxylation is 1. The van der Waals surface area contributed by atoms with Gasteiger partial charge in [0.05, 0.1) is 11.7 Å². The van der Waals surface area contributed by atoms with E-state index in [0.29, 0.717) is 6.04 Å². The van der Waals surface area contributed by atoms with Crippen LogP contribution in [0.3, 0.4) is 0 Å². The van der Waals surface area contributed by atoms with Crippen molar-refractivity contribution in [3.63, 3.8) is 0 Å². The number of hydrogen-bond donors (Lipinski definition) is 0. The molecule has 2 aromatic rings. The van der Waals surface area contributed by atoms with Crippen LogP contribution in [0.15, 0.2) is 65.4 Å². The van der Waals surface area contributed by atoms with Gasteiger partial charge in [-0.15, -0.1) is 0 Å². The Labute approximate surface area is 164 Å². The summed E-state index contributed by atoms with van der Waals surface area (Å²) in [5.74, 6) is 1.09. The van der Waals surface area contributed by atoms with Crippen molar-refractivity contribution in [2.24, 2.45) is 0 Å². The van der Waals surface area contributed by atoms with Crippen LogP contribution in [0.2, 0.25) is 0 Å². The Morgan fingerprint density at radius 2 is 1.56 bits per heavy atom. The summed E-state index contributed by atoms with van der Waals surface area (Å²) in [4.78, 5) is 7.36. The van der Waals surface area contributed by atoms with Gasteiger partial charge < -0.3 is 4.90 Å². The first-order chi connectivity index (χ1) is 13.2. The van der Waals surface area contributed by atoms with Gasteiger partial charge in [-0.1, -0.05) is 64.1 Å². The van der Waals surface area contributed by atoms with Gasteiger partial charge in [0.25, 0.3) is 0 Å². The number of anilines is 1. The third-order valence-electron chi connectivity index (χ3n) is 5.72. The lowest BCUT2D eigenvalue weighted by Gasteiger charge is -2.43. The lowest BCUT2D eigenvalue weighted by atomic mass is 9.81. The van der Waals surface area contributed by atoms with Gasteiger partial charge >= 0.3 is 0 Å². The molecule has 1 aliphatic rings. The molecule has 0 aliphatic carbocycles. The molecule has 0 spiro atoms. The first kappa shape index (κ1) is 19.4. The molecular formula is C25H32N2. The smallest absolute Gasteiger partial charge is 0.136 e. The molecule has 2 heterocycles. The van der Waals surface area contributed by atoms with E-state index in [0.717, 1.165) is 31.5 Å². The van der Waals surface area contributed by atoms with E-state index >= 15 is 0 Å². The maximum atomic E-state index is 4.83. The van der Waals surface area contributed by atoms with Crippen molar-refractivity contribution in [1.82, 2.24) is 4.98 Å². The van der Waals surface area contributed by atoms with Crippen LogP contribution in [0.1, 0.15) is 64.5 Å². The summed E-state index contributed by atoms with van der Waals surface area (Å²) in [5, 5.41) is 0. The fraction of sp³-hybridized carbons (Fsp3) is 0.400. The van der Waals surface area contributed by atoms with Crippen molar-refractivity contribution >= 4 is 11.5 Å². The Balaban J connectivity index is 2.36. The van der Waals surface area contributed by atoms with Gasteiger partial charge in [0.15, 0.2) is 0 Å². The molecular weight excluding hydrogens is 328 g/mol. The van der Waals surface area contributed by atoms with Gasteiger partial charge in [0.1, 0.15) is 5.82 Å². The molecule has 0 N–H and O–H groups in total. The normalized spacial score (nSPS) is 17.7. The lowest BCUT2D eigenvalue weighted by molar-refractivity contribution is 0.658. The topological polar surface area (TPSA) is 16.1 Å². The Kier molecular flexibility index (Phi) is 6.15. The average molecular weight is 361 g/mol. The zero-order valence-electron chi connectivity index (χ0n) is 17.4. The summed E-state index contributed by atoms with van der Waals surface area (Å²) < 4.78 is 0. The number of allylic oxidation sites excluding steroid dienone is 2. The summed E-state index contributed by atoms with van der Waals surface area (Å²) in [6, 6.07) is 15.4. The molecule has 0 radical (unpaired) electrons. The summed E-state index contributed by atoms with van der Waals surface area (Å²) in [6.45, 7) is 11.4. The van der Waals surface area contributed by atoms with Crippen molar-refractivity contribution in [2.45, 2.75) is 66.3 Å². The van der Waals surface area contributed by atoms with E-state index in [1.54, 1.807) is 11.1 Å². The highest BCUT2D eigenvalue weighted by Crippen LogP contribution is 2.44. The quantitative estimate of drug-likeness (QED) is 0.555. The highest BCUT2D eigenvalue weighted by molar-refractivity contribution is 5.87. The maximum absolute atomic E-state index is 4.83. The summed E-state index contributed by atoms with van der Waals surface area (Å²) in [7, 11) is 0. The minimum atomic E-state index is 0.365. The van der Waals surface area contributed by atoms with Gasteiger partial charge in [-0.25, -0.2) is 4.98 Å². The number of rotatable bonds is 6. The van der Waals surface area contributed by atoms with Crippen molar-refractivity contribution in [1.29, 1.82) is 0 Å². The SMILES string of the molecule is CCC1=C(CC)C(CC)N(c2ncccc2C)C(c2ccccc2)=C1CC. The highest BCUT2D eigenvalue weighted by atomic mass is 15.2. The van der Waals surface area contributed by atoms with E-state index in [4.69, 9.17) is 4.98 Å². The molecule has 0 fully saturated rings. The molecule has 1 aromatic heterocycles. The minimum Gasteiger partial charge on any atom is -0.318 e. The zero-order chi connectivity index (χ0) is 19.4. The third-order valence-corrected chi connectivity index (χ3v) is 5.72. The Morgan fingerprint density at radius 3 is 2.11 bits per heavy atom. The molecule has 2 nitrogen and oxygen atoms in total. The standard InChI is InChI=1S/C25H32N2/c1-6-20-21(7-2)23(9-4)27(25-18(5)14-13-17-26-25)24(22(20)8-3)19-15-11-10-12-16-19/h10-17,23H,6-9H2,1-5H3. The zero-order valence-corrected chi connectivity index (χ0v) is 17.4. The number of nitrogens with zero attached hydrogens (tertiary/aromatic N) is 2. The fourth-order valence-electron chi connectivity index (χ4n) is 4.59. The van der Waals surface area contributed by atoms with Crippen LogP contribution in [0.5, 0.6) is 0 Å². The molecule has 0 amide bonds. The van der Waals surface area contributed by atoms with Crippen molar-refractivity contribution in [3.8, 4) is 0 Å². The molecule has 1 aliphatic heterocycles. The van der Waals surface area contributed by atoms with E-state index in [1.165, 1.54) is 22.4 Å². The predicted molar refractivity (Wildman–Crippen MR) is 117 cm³/mol. The van der Waals surface area contributed by atoms with Crippen LogP contribution in [0.4, 0.5) is 5.82 Å². The van der Waals surface area contributed by atoms with Gasteiger partial charge in [0.2, 0.25) is 0 Å². The van der Waals surface area contributed by atoms with Gasteiger partial charge in [-0.3, -0.25) is 0 Å². The van der Waals surface area contributed by atoms with E-state index in [-0.39, 0.29) is 0 Å². The maximum Gasteiger partial charge on any atom is 0.136 e. The second kappa shape index (κ2) is 8.56. The van der Waals surface area contributed by atoms with Crippen molar-refractivity contribution < 1.29 is 0 Å². The summed E-state index contributed by atoms with van der Waals surface area (Å²) in [5.41, 5.74) is 8.50. The highest BCUT2D eigenvalue weighted by Gasteiger charge is 2.34. The van der Waals surface area contributed by atoms with E-state index < -0.39 is 0 Å². The van der Waals surface area contributed by atoms with E-state index in [2.05, 4.69) is 75.9 Å². The van der Waals surface area contributed by atoms with Crippen LogP contribution in [0.25, 0.3) is 5.70 Å². The minimum absolute atomic E-state index is 0.365. The van der Waals surface area contributed by atoms with Gasteiger partial charge in [-0.2, -0.15) is 0 Å². The Hall–Kier alpha value is -2.35. The number of hydrogen-bond acceptors (Lipinski definition) is 2. The Morgan fingerprint density at radius 1 is 0.852 bits per heavy atom. The average Bonchev–Trinajstić information content (AvgIpc) is 2.72. The van der Waals surface area contributed by atoms with Gasteiger partial charge in [-0.05, 0) is 66.5 Å². The number of pyridine rings is 1. The van der Waals surface area contributed by atoms with Crippen LogP contribution >= 0.6 is 0 Å². The summed E-state index contributed by atoms with van der Waals surface area (Å²) in [6.07, 6.45) is 6.23. The van der Waals surface area contributed by atoms with Crippen LogP contribution in [-0.2, 0) is 0 Å². The molecule has 1 atom stereocenters. The van der Waals surface area contributed by atoms with Crippen LogP contribution < -0.4 is 4.90 Å². The number of aromatic nitrogens is 1. The third kappa shape index (κ3) is 3.45. The van der Waals surface area contributed by atoms with Crippen LogP contribution in [0, 0.1) is 6.92 Å². The molecule has 3 rings (SSSR count). The molecule has 2 heteroatoms.